The summed E-state index contributed by atoms with van der Waals surface area (Å²) in [5, 5.41) is 0. The van der Waals surface area contributed by atoms with Gasteiger partial charge in [-0.25, -0.2) is 0 Å². The molecule has 1 saturated heterocycles. The van der Waals surface area contributed by atoms with Crippen LogP contribution in [-0.4, -0.2) is 8.07 Å². The standard InChI is InChI=1S/C9H14Si/c1-3-10(4-2)8-6-5-7-9-10/h1,4H,2,5-9H2. The molecule has 10 heavy (non-hydrogen) atoms. The molecule has 1 aliphatic heterocycles. The fraction of sp³-hybridized carbons (Fsp3) is 0.556. The molecule has 0 saturated carbocycles. The molecule has 0 nitrogen and oxygen atoms in total. The lowest BCUT2D eigenvalue weighted by Gasteiger charge is -2.25. The molecule has 1 heterocycles. The Balaban J connectivity index is 2.63. The maximum Gasteiger partial charge on any atom is 0.160 e. The third-order valence-corrected chi connectivity index (χ3v) is 6.27. The number of rotatable bonds is 1. The van der Waals surface area contributed by atoms with Gasteiger partial charge in [-0.1, -0.05) is 25.0 Å². The van der Waals surface area contributed by atoms with Crippen LogP contribution in [0.25, 0.3) is 0 Å². The molecule has 0 radical (unpaired) electrons. The molecular formula is C9H14Si. The fourth-order valence-electron chi connectivity index (χ4n) is 1.59. The van der Waals surface area contributed by atoms with Crippen molar-refractivity contribution in [2.75, 3.05) is 0 Å². The molecule has 1 fully saturated rings. The van der Waals surface area contributed by atoms with Crippen LogP contribution >= 0.6 is 0 Å². The van der Waals surface area contributed by atoms with E-state index in [1.807, 2.05) is 0 Å². The van der Waals surface area contributed by atoms with Crippen molar-refractivity contribution in [3.05, 3.63) is 12.3 Å². The molecule has 0 amide bonds. The molecule has 0 aliphatic carbocycles. The molecular weight excluding hydrogens is 136 g/mol. The average molecular weight is 150 g/mol. The maximum atomic E-state index is 5.49. The first-order valence-electron chi connectivity index (χ1n) is 3.94. The van der Waals surface area contributed by atoms with Crippen molar-refractivity contribution < 1.29 is 0 Å². The Morgan fingerprint density at radius 1 is 1.30 bits per heavy atom. The molecule has 0 aromatic rings. The Hall–Kier alpha value is -0.483. The van der Waals surface area contributed by atoms with Crippen molar-refractivity contribution >= 4 is 8.07 Å². The summed E-state index contributed by atoms with van der Waals surface area (Å²) >= 11 is 0. The van der Waals surface area contributed by atoms with Gasteiger partial charge in [-0.2, -0.15) is 0 Å². The molecule has 54 valence electrons. The molecule has 0 aromatic carbocycles. The van der Waals surface area contributed by atoms with Crippen molar-refractivity contribution in [1.29, 1.82) is 0 Å². The zero-order chi connectivity index (χ0) is 7.45. The first-order valence-corrected chi connectivity index (χ1v) is 6.43. The summed E-state index contributed by atoms with van der Waals surface area (Å²) in [7, 11) is -1.34. The van der Waals surface area contributed by atoms with Gasteiger partial charge in [0.05, 0.1) is 0 Å². The summed E-state index contributed by atoms with van der Waals surface area (Å²) in [6, 6.07) is 2.57. The van der Waals surface area contributed by atoms with E-state index < -0.39 is 8.07 Å². The van der Waals surface area contributed by atoms with Crippen LogP contribution in [0.1, 0.15) is 19.3 Å². The third kappa shape index (κ3) is 1.33. The van der Waals surface area contributed by atoms with E-state index in [2.05, 4.69) is 17.8 Å². The monoisotopic (exact) mass is 150 g/mol. The molecule has 0 unspecified atom stereocenters. The first-order chi connectivity index (χ1) is 4.83. The van der Waals surface area contributed by atoms with Gasteiger partial charge in [-0.3, -0.25) is 0 Å². The number of hydrogen-bond acceptors (Lipinski definition) is 0. The summed E-state index contributed by atoms with van der Waals surface area (Å²) in [4.78, 5) is 0. The number of hydrogen-bond donors (Lipinski definition) is 0. The van der Waals surface area contributed by atoms with E-state index in [1.165, 1.54) is 31.4 Å². The first kappa shape index (κ1) is 7.62. The fourth-order valence-corrected chi connectivity index (χ4v) is 4.42. The molecule has 0 atom stereocenters. The zero-order valence-corrected chi connectivity index (χ0v) is 7.40. The summed E-state index contributed by atoms with van der Waals surface area (Å²) in [5.41, 5.74) is 5.08. The van der Waals surface area contributed by atoms with Gasteiger partial charge in [-0.15, -0.1) is 18.5 Å². The predicted octanol–water partition coefficient (Wildman–Crippen LogP) is 2.52. The Kier molecular flexibility index (Phi) is 2.34. The van der Waals surface area contributed by atoms with E-state index in [1.54, 1.807) is 0 Å². The minimum absolute atomic E-state index is 1.28. The molecule has 1 rings (SSSR count). The van der Waals surface area contributed by atoms with Crippen LogP contribution in [0, 0.1) is 12.0 Å². The van der Waals surface area contributed by atoms with Gasteiger partial charge in [0, 0.05) is 0 Å². The van der Waals surface area contributed by atoms with E-state index in [-0.39, 0.29) is 0 Å². The average Bonchev–Trinajstić information content (AvgIpc) is 2.06. The Morgan fingerprint density at radius 2 is 1.90 bits per heavy atom. The Labute approximate surface area is 64.3 Å². The molecule has 1 heteroatoms. The lowest BCUT2D eigenvalue weighted by molar-refractivity contribution is 0.721. The second-order valence-corrected chi connectivity index (χ2v) is 7.07. The highest BCUT2D eigenvalue weighted by Gasteiger charge is 2.28. The summed E-state index contributed by atoms with van der Waals surface area (Å²) < 4.78 is 0. The van der Waals surface area contributed by atoms with Crippen LogP contribution in [-0.2, 0) is 0 Å². The Bertz CT molecular complexity index is 158. The highest BCUT2D eigenvalue weighted by Crippen LogP contribution is 2.28. The van der Waals surface area contributed by atoms with Gasteiger partial charge >= 0.3 is 0 Å². The second kappa shape index (κ2) is 3.07. The van der Waals surface area contributed by atoms with Gasteiger partial charge in [0.15, 0.2) is 8.07 Å². The van der Waals surface area contributed by atoms with Gasteiger partial charge in [0.1, 0.15) is 0 Å². The van der Waals surface area contributed by atoms with Crippen LogP contribution in [0.2, 0.25) is 12.1 Å². The quantitative estimate of drug-likeness (QED) is 0.398. The van der Waals surface area contributed by atoms with Gasteiger partial charge in [-0.05, 0) is 12.1 Å². The van der Waals surface area contributed by atoms with E-state index in [0.717, 1.165) is 0 Å². The lowest BCUT2D eigenvalue weighted by Crippen LogP contribution is -2.32. The van der Waals surface area contributed by atoms with Crippen molar-refractivity contribution in [2.45, 2.75) is 31.4 Å². The van der Waals surface area contributed by atoms with Crippen LogP contribution in [0.15, 0.2) is 12.3 Å². The smallest absolute Gasteiger partial charge is 0.130 e. The SMILES string of the molecule is C#C[Si]1(C=C)CCCCC1. The van der Waals surface area contributed by atoms with Crippen LogP contribution in [0.3, 0.4) is 0 Å². The molecule has 0 bridgehead atoms. The van der Waals surface area contributed by atoms with Gasteiger partial charge in [0.25, 0.3) is 0 Å². The summed E-state index contributed by atoms with van der Waals surface area (Å²) in [5.74, 6) is 0. The molecule has 0 N–H and O–H groups in total. The molecule has 0 spiro atoms. The summed E-state index contributed by atoms with van der Waals surface area (Å²) in [6.45, 7) is 3.85. The van der Waals surface area contributed by atoms with E-state index in [9.17, 15) is 0 Å². The minimum Gasteiger partial charge on any atom is -0.130 e. The Morgan fingerprint density at radius 3 is 2.20 bits per heavy atom. The van der Waals surface area contributed by atoms with Crippen LogP contribution in [0.4, 0.5) is 0 Å². The zero-order valence-electron chi connectivity index (χ0n) is 6.40. The minimum atomic E-state index is -1.34. The number of terminal acetylenes is 1. The lowest BCUT2D eigenvalue weighted by atomic mass is 10.3. The van der Waals surface area contributed by atoms with E-state index >= 15 is 0 Å². The van der Waals surface area contributed by atoms with Crippen molar-refractivity contribution in [2.24, 2.45) is 0 Å². The summed E-state index contributed by atoms with van der Waals surface area (Å²) in [6.07, 6.45) is 9.54. The van der Waals surface area contributed by atoms with Crippen molar-refractivity contribution in [1.82, 2.24) is 0 Å². The topological polar surface area (TPSA) is 0 Å². The van der Waals surface area contributed by atoms with Crippen molar-refractivity contribution in [3.63, 3.8) is 0 Å². The maximum absolute atomic E-state index is 5.49. The van der Waals surface area contributed by atoms with Gasteiger partial charge in [0.2, 0.25) is 0 Å². The second-order valence-electron chi connectivity index (χ2n) is 3.07. The molecule has 1 aliphatic rings. The van der Waals surface area contributed by atoms with Crippen LogP contribution < -0.4 is 0 Å². The molecule has 0 aromatic heterocycles. The third-order valence-electron chi connectivity index (χ3n) is 2.42. The highest BCUT2D eigenvalue weighted by molar-refractivity contribution is 6.91. The normalized spacial score (nSPS) is 23.1. The van der Waals surface area contributed by atoms with E-state index in [0.29, 0.717) is 0 Å². The highest BCUT2D eigenvalue weighted by atomic mass is 28.3. The predicted molar refractivity (Wildman–Crippen MR) is 48.2 cm³/mol. The van der Waals surface area contributed by atoms with Crippen molar-refractivity contribution in [3.8, 4) is 12.0 Å². The van der Waals surface area contributed by atoms with Gasteiger partial charge < -0.3 is 0 Å². The van der Waals surface area contributed by atoms with E-state index in [4.69, 9.17) is 6.42 Å². The van der Waals surface area contributed by atoms with Crippen LogP contribution in [0.5, 0.6) is 0 Å². The largest absolute Gasteiger partial charge is 0.160 e.